The first-order valence-electron chi connectivity index (χ1n) is 10.8. The Morgan fingerprint density at radius 1 is 0.657 bits per heavy atom. The lowest BCUT2D eigenvalue weighted by Gasteiger charge is -2.13. The number of nitrogens with one attached hydrogen (secondary N) is 1. The number of carbonyl (C=O) groups excluding carboxylic acids is 1. The molecule has 0 radical (unpaired) electrons. The Morgan fingerprint density at radius 3 is 1.86 bits per heavy atom. The minimum absolute atomic E-state index is 0.267. The van der Waals surface area contributed by atoms with Crippen LogP contribution < -0.4 is 29.0 Å². The fourth-order valence-corrected chi connectivity index (χ4v) is 3.36. The topological polar surface area (TPSA) is 75.3 Å². The third-order valence-corrected chi connectivity index (χ3v) is 5.20. The van der Waals surface area contributed by atoms with E-state index in [0.29, 0.717) is 28.7 Å². The standard InChI is InChI=1S/C28H29NO6/c1-31-22-12-7-19(8-13-22)9-15-27(30)29-24-18-23(32-2)14-11-21(24)10-6-20-16-25(33-3)28(35-5)26(17-20)34-4/h6-18H,1-5H3,(H,29,30)/b10-6?,15-9+. The molecule has 3 rings (SSSR count). The van der Waals surface area contributed by atoms with Gasteiger partial charge in [-0.15, -0.1) is 0 Å². The van der Waals surface area contributed by atoms with Gasteiger partial charge in [-0.2, -0.15) is 0 Å². The Hall–Kier alpha value is -4.39. The molecule has 0 aliphatic rings. The van der Waals surface area contributed by atoms with Gasteiger partial charge in [0.05, 0.1) is 41.2 Å². The van der Waals surface area contributed by atoms with E-state index < -0.39 is 0 Å². The van der Waals surface area contributed by atoms with Crippen LogP contribution in [0, 0.1) is 0 Å². The molecule has 0 aliphatic carbocycles. The Balaban J connectivity index is 1.84. The van der Waals surface area contributed by atoms with Gasteiger partial charge in [-0.05, 0) is 59.2 Å². The van der Waals surface area contributed by atoms with E-state index >= 15 is 0 Å². The molecule has 0 aromatic heterocycles. The van der Waals surface area contributed by atoms with Gasteiger partial charge in [-0.25, -0.2) is 0 Å². The van der Waals surface area contributed by atoms with Crippen LogP contribution in [0.4, 0.5) is 5.69 Å². The first kappa shape index (κ1) is 25.2. The number of rotatable bonds is 10. The predicted octanol–water partition coefficient (Wildman–Crippen LogP) is 5.55. The Morgan fingerprint density at radius 2 is 1.29 bits per heavy atom. The quantitative estimate of drug-likeness (QED) is 0.306. The zero-order chi connectivity index (χ0) is 25.2. The van der Waals surface area contributed by atoms with Crippen LogP contribution in [0.3, 0.4) is 0 Å². The summed E-state index contributed by atoms with van der Waals surface area (Å²) in [7, 11) is 7.89. The molecule has 0 bridgehead atoms. The van der Waals surface area contributed by atoms with E-state index in [4.69, 9.17) is 23.7 Å². The van der Waals surface area contributed by atoms with Gasteiger partial charge in [0.25, 0.3) is 0 Å². The highest BCUT2D eigenvalue weighted by Crippen LogP contribution is 2.38. The van der Waals surface area contributed by atoms with Crippen LogP contribution in [-0.2, 0) is 4.79 Å². The van der Waals surface area contributed by atoms with Crippen LogP contribution in [0.15, 0.2) is 60.7 Å². The maximum atomic E-state index is 12.6. The van der Waals surface area contributed by atoms with Crippen molar-refractivity contribution in [2.24, 2.45) is 0 Å². The number of benzene rings is 3. The summed E-state index contributed by atoms with van der Waals surface area (Å²) in [5.41, 5.74) is 3.13. The second-order valence-corrected chi connectivity index (χ2v) is 7.34. The highest BCUT2D eigenvalue weighted by Gasteiger charge is 2.12. The summed E-state index contributed by atoms with van der Waals surface area (Å²) in [4.78, 5) is 12.6. The zero-order valence-electron chi connectivity index (χ0n) is 20.5. The second-order valence-electron chi connectivity index (χ2n) is 7.34. The molecule has 0 aliphatic heterocycles. The van der Waals surface area contributed by atoms with Gasteiger partial charge >= 0.3 is 0 Å². The largest absolute Gasteiger partial charge is 0.497 e. The molecule has 1 amide bonds. The average Bonchev–Trinajstić information content (AvgIpc) is 2.90. The summed E-state index contributed by atoms with van der Waals surface area (Å²) in [5.74, 6) is 2.75. The predicted molar refractivity (Wildman–Crippen MR) is 139 cm³/mol. The number of amides is 1. The molecule has 182 valence electrons. The highest BCUT2D eigenvalue weighted by atomic mass is 16.5. The zero-order valence-corrected chi connectivity index (χ0v) is 20.5. The van der Waals surface area contributed by atoms with Crippen molar-refractivity contribution in [3.8, 4) is 28.7 Å². The van der Waals surface area contributed by atoms with Gasteiger partial charge in [0.2, 0.25) is 11.7 Å². The van der Waals surface area contributed by atoms with Crippen LogP contribution >= 0.6 is 0 Å². The number of carbonyl (C=O) groups is 1. The highest BCUT2D eigenvalue weighted by molar-refractivity contribution is 6.03. The first-order chi connectivity index (χ1) is 17.0. The number of anilines is 1. The SMILES string of the molecule is COc1ccc(/C=C/C(=O)Nc2cc(OC)ccc2C=Cc2cc(OC)c(OC)c(OC)c2)cc1. The average molecular weight is 476 g/mol. The van der Waals surface area contributed by atoms with E-state index in [1.165, 1.54) is 6.08 Å². The van der Waals surface area contributed by atoms with E-state index in [9.17, 15) is 4.79 Å². The van der Waals surface area contributed by atoms with Crippen molar-refractivity contribution in [2.45, 2.75) is 0 Å². The number of ether oxygens (including phenoxy) is 5. The first-order valence-corrected chi connectivity index (χ1v) is 10.8. The molecule has 35 heavy (non-hydrogen) atoms. The van der Waals surface area contributed by atoms with E-state index in [-0.39, 0.29) is 5.91 Å². The van der Waals surface area contributed by atoms with Gasteiger partial charge in [-0.1, -0.05) is 24.3 Å². The molecule has 7 nitrogen and oxygen atoms in total. The monoisotopic (exact) mass is 475 g/mol. The molecule has 1 N–H and O–H groups in total. The Kier molecular flexibility index (Phi) is 8.78. The van der Waals surface area contributed by atoms with Crippen LogP contribution in [0.1, 0.15) is 16.7 Å². The van der Waals surface area contributed by atoms with Crippen LogP contribution in [-0.4, -0.2) is 41.5 Å². The van der Waals surface area contributed by atoms with Crippen LogP contribution in [0.2, 0.25) is 0 Å². The molecule has 7 heteroatoms. The van der Waals surface area contributed by atoms with Crippen molar-refractivity contribution in [3.05, 3.63) is 77.4 Å². The van der Waals surface area contributed by atoms with Crippen molar-refractivity contribution >= 4 is 29.8 Å². The molecule has 0 saturated carbocycles. The molecule has 0 fully saturated rings. The molecular formula is C28H29NO6. The normalized spacial score (nSPS) is 10.9. The summed E-state index contributed by atoms with van der Waals surface area (Å²) in [6, 6.07) is 16.6. The van der Waals surface area contributed by atoms with Crippen molar-refractivity contribution in [2.75, 3.05) is 40.9 Å². The third-order valence-electron chi connectivity index (χ3n) is 5.20. The van der Waals surface area contributed by atoms with E-state index in [0.717, 1.165) is 22.4 Å². The van der Waals surface area contributed by atoms with Gasteiger partial charge < -0.3 is 29.0 Å². The van der Waals surface area contributed by atoms with Gasteiger partial charge in [0, 0.05) is 12.1 Å². The smallest absolute Gasteiger partial charge is 0.248 e. The Bertz CT molecular complexity index is 1190. The van der Waals surface area contributed by atoms with Gasteiger partial charge in [-0.3, -0.25) is 4.79 Å². The lowest BCUT2D eigenvalue weighted by Crippen LogP contribution is -2.09. The summed E-state index contributed by atoms with van der Waals surface area (Å²) >= 11 is 0. The van der Waals surface area contributed by atoms with Crippen LogP contribution in [0.25, 0.3) is 18.2 Å². The lowest BCUT2D eigenvalue weighted by molar-refractivity contribution is -0.111. The molecule has 0 heterocycles. The Labute approximate surface area is 205 Å². The number of hydrogen-bond acceptors (Lipinski definition) is 6. The lowest BCUT2D eigenvalue weighted by atomic mass is 10.1. The van der Waals surface area contributed by atoms with Crippen molar-refractivity contribution in [1.82, 2.24) is 0 Å². The summed E-state index contributed by atoms with van der Waals surface area (Å²) < 4.78 is 26.7. The maximum absolute atomic E-state index is 12.6. The summed E-state index contributed by atoms with van der Waals surface area (Å²) in [5, 5.41) is 2.93. The summed E-state index contributed by atoms with van der Waals surface area (Å²) in [6.07, 6.45) is 7.01. The van der Waals surface area contributed by atoms with Crippen molar-refractivity contribution < 1.29 is 28.5 Å². The number of methoxy groups -OCH3 is 5. The van der Waals surface area contributed by atoms with Crippen molar-refractivity contribution in [3.63, 3.8) is 0 Å². The summed E-state index contributed by atoms with van der Waals surface area (Å²) in [6.45, 7) is 0. The molecule has 0 saturated heterocycles. The molecular weight excluding hydrogens is 446 g/mol. The number of hydrogen-bond donors (Lipinski definition) is 1. The second kappa shape index (κ2) is 12.2. The van der Waals surface area contributed by atoms with E-state index in [1.807, 2.05) is 60.7 Å². The van der Waals surface area contributed by atoms with E-state index in [2.05, 4.69) is 5.32 Å². The molecule has 0 atom stereocenters. The molecule has 3 aromatic carbocycles. The van der Waals surface area contributed by atoms with Gasteiger partial charge in [0.1, 0.15) is 11.5 Å². The van der Waals surface area contributed by atoms with Crippen molar-refractivity contribution in [1.29, 1.82) is 0 Å². The van der Waals surface area contributed by atoms with E-state index in [1.54, 1.807) is 47.7 Å². The van der Waals surface area contributed by atoms with Crippen LogP contribution in [0.5, 0.6) is 28.7 Å². The minimum atomic E-state index is -0.267. The minimum Gasteiger partial charge on any atom is -0.497 e. The molecule has 0 unspecified atom stereocenters. The van der Waals surface area contributed by atoms with Gasteiger partial charge in [0.15, 0.2) is 11.5 Å². The fraction of sp³-hybridized carbons (Fsp3) is 0.179. The maximum Gasteiger partial charge on any atom is 0.248 e. The molecule has 0 spiro atoms. The third kappa shape index (κ3) is 6.57. The molecule has 3 aromatic rings. The fourth-order valence-electron chi connectivity index (χ4n) is 3.36.